The highest BCUT2D eigenvalue weighted by atomic mass is 35.5. The van der Waals surface area contributed by atoms with Crippen molar-refractivity contribution in [2.75, 3.05) is 32.8 Å². The second-order valence-electron chi connectivity index (χ2n) is 7.68. The molecule has 4 nitrogen and oxygen atoms in total. The van der Waals surface area contributed by atoms with Crippen LogP contribution in [-0.4, -0.2) is 49.7 Å². The number of nitrogens with one attached hydrogen (secondary N) is 1. The molecule has 3 unspecified atom stereocenters. The van der Waals surface area contributed by atoms with Gasteiger partial charge in [-0.1, -0.05) is 37.6 Å². The van der Waals surface area contributed by atoms with Crippen molar-refractivity contribution in [1.82, 2.24) is 10.2 Å². The lowest BCUT2D eigenvalue weighted by atomic mass is 10.0. The summed E-state index contributed by atoms with van der Waals surface area (Å²) >= 11 is 6.06. The zero-order valence-corrected chi connectivity index (χ0v) is 16.0. The molecule has 3 atom stereocenters. The van der Waals surface area contributed by atoms with Gasteiger partial charge in [0.05, 0.1) is 13.2 Å². The van der Waals surface area contributed by atoms with E-state index < -0.39 is 0 Å². The van der Waals surface area contributed by atoms with Gasteiger partial charge in [-0.15, -0.1) is 0 Å². The number of morpholine rings is 1. The van der Waals surface area contributed by atoms with E-state index in [9.17, 15) is 4.79 Å². The van der Waals surface area contributed by atoms with Gasteiger partial charge in [0.25, 0.3) is 0 Å². The molecule has 0 aromatic heterocycles. The van der Waals surface area contributed by atoms with Gasteiger partial charge in [0.2, 0.25) is 5.91 Å². The normalized spacial score (nSPS) is 25.0. The highest BCUT2D eigenvalue weighted by Crippen LogP contribution is 2.47. The minimum absolute atomic E-state index is 0.0999. The van der Waals surface area contributed by atoms with Crippen molar-refractivity contribution in [1.29, 1.82) is 0 Å². The highest BCUT2D eigenvalue weighted by molar-refractivity contribution is 6.30. The summed E-state index contributed by atoms with van der Waals surface area (Å²) in [5, 5.41) is 3.95. The van der Waals surface area contributed by atoms with Crippen LogP contribution in [0.3, 0.4) is 0 Å². The van der Waals surface area contributed by atoms with E-state index in [1.165, 1.54) is 5.56 Å². The topological polar surface area (TPSA) is 41.6 Å². The minimum Gasteiger partial charge on any atom is -0.379 e. The van der Waals surface area contributed by atoms with Crippen molar-refractivity contribution >= 4 is 17.5 Å². The summed E-state index contributed by atoms with van der Waals surface area (Å²) in [6.07, 6.45) is 2.03. The largest absolute Gasteiger partial charge is 0.379 e. The van der Waals surface area contributed by atoms with Crippen LogP contribution in [0.1, 0.15) is 38.2 Å². The predicted octanol–water partition coefficient (Wildman–Crippen LogP) is 3.31. The van der Waals surface area contributed by atoms with E-state index in [0.717, 1.165) is 50.7 Å². The summed E-state index contributed by atoms with van der Waals surface area (Å²) in [6, 6.07) is 8.29. The van der Waals surface area contributed by atoms with Crippen LogP contribution in [0, 0.1) is 11.8 Å². The fourth-order valence-electron chi connectivity index (χ4n) is 3.79. The Morgan fingerprint density at radius 1 is 1.36 bits per heavy atom. The molecular formula is C20H29ClN2O2. The molecule has 25 heavy (non-hydrogen) atoms. The molecule has 3 rings (SSSR count). The number of hydrogen-bond donors (Lipinski definition) is 1. The monoisotopic (exact) mass is 364 g/mol. The van der Waals surface area contributed by atoms with E-state index in [1.54, 1.807) is 0 Å². The van der Waals surface area contributed by atoms with Crippen LogP contribution in [0.15, 0.2) is 24.3 Å². The van der Waals surface area contributed by atoms with Crippen molar-refractivity contribution < 1.29 is 9.53 Å². The molecule has 5 heteroatoms. The van der Waals surface area contributed by atoms with Crippen LogP contribution >= 0.6 is 11.6 Å². The van der Waals surface area contributed by atoms with Crippen LogP contribution in [0.25, 0.3) is 0 Å². The van der Waals surface area contributed by atoms with Crippen molar-refractivity contribution in [3.8, 4) is 0 Å². The van der Waals surface area contributed by atoms with Crippen LogP contribution in [0.5, 0.6) is 0 Å². The van der Waals surface area contributed by atoms with Gasteiger partial charge >= 0.3 is 0 Å². The second kappa shape index (κ2) is 8.52. The number of hydrogen-bond acceptors (Lipinski definition) is 3. The van der Waals surface area contributed by atoms with Gasteiger partial charge in [-0.3, -0.25) is 9.69 Å². The van der Waals surface area contributed by atoms with Gasteiger partial charge in [-0.25, -0.2) is 0 Å². The van der Waals surface area contributed by atoms with E-state index in [-0.39, 0.29) is 11.8 Å². The summed E-state index contributed by atoms with van der Waals surface area (Å²) in [4.78, 5) is 15.0. The molecule has 1 aromatic carbocycles. The molecule has 1 saturated carbocycles. The molecule has 2 aliphatic rings. The van der Waals surface area contributed by atoms with Crippen molar-refractivity contribution in [2.24, 2.45) is 11.8 Å². The minimum atomic E-state index is 0.0999. The third kappa shape index (κ3) is 5.19. The fraction of sp³-hybridized carbons (Fsp3) is 0.650. The van der Waals surface area contributed by atoms with Crippen molar-refractivity contribution in [2.45, 2.75) is 38.6 Å². The van der Waals surface area contributed by atoms with Gasteiger partial charge in [-0.2, -0.15) is 0 Å². The quantitative estimate of drug-likeness (QED) is 0.807. The third-order valence-electron chi connectivity index (χ3n) is 5.22. The average Bonchev–Trinajstić information content (AvgIpc) is 3.40. The van der Waals surface area contributed by atoms with Crippen LogP contribution < -0.4 is 5.32 Å². The molecule has 0 radical (unpaired) electrons. The molecule has 0 bridgehead atoms. The van der Waals surface area contributed by atoms with Gasteiger partial charge in [0.1, 0.15) is 0 Å². The number of ether oxygens (including phenoxy) is 1. The molecule has 1 heterocycles. The standard InChI is InChI=1S/C20H29ClN2O2/c1-14(2)10-17(23-6-8-25-9-7-23)13-22-20(24)19-12-18(19)15-4-3-5-16(21)11-15/h3-5,11,14,17-19H,6-10,12-13H2,1-2H3,(H,22,24). The average molecular weight is 365 g/mol. The summed E-state index contributed by atoms with van der Waals surface area (Å²) in [5.74, 6) is 1.23. The molecule has 0 spiro atoms. The van der Waals surface area contributed by atoms with Gasteiger partial charge < -0.3 is 10.1 Å². The Bertz CT molecular complexity index is 587. The molecule has 1 aliphatic heterocycles. The maximum absolute atomic E-state index is 12.6. The fourth-order valence-corrected chi connectivity index (χ4v) is 3.99. The zero-order valence-electron chi connectivity index (χ0n) is 15.2. The van der Waals surface area contributed by atoms with E-state index in [0.29, 0.717) is 17.9 Å². The smallest absolute Gasteiger partial charge is 0.223 e. The van der Waals surface area contributed by atoms with Crippen LogP contribution in [0.2, 0.25) is 5.02 Å². The molecule has 1 amide bonds. The van der Waals surface area contributed by atoms with Gasteiger partial charge in [-0.05, 0) is 42.4 Å². The van der Waals surface area contributed by atoms with Crippen LogP contribution in [0.4, 0.5) is 0 Å². The number of halogens is 1. The van der Waals surface area contributed by atoms with Crippen molar-refractivity contribution in [3.63, 3.8) is 0 Å². The first-order valence-corrected chi connectivity index (χ1v) is 9.77. The lowest BCUT2D eigenvalue weighted by molar-refractivity contribution is -0.122. The lowest BCUT2D eigenvalue weighted by Crippen LogP contribution is -2.49. The molecule has 1 N–H and O–H groups in total. The Balaban J connectivity index is 1.51. The first-order valence-electron chi connectivity index (χ1n) is 9.39. The van der Waals surface area contributed by atoms with E-state index in [1.807, 2.05) is 18.2 Å². The Morgan fingerprint density at radius 3 is 2.80 bits per heavy atom. The maximum atomic E-state index is 12.6. The summed E-state index contributed by atoms with van der Waals surface area (Å²) in [5.41, 5.74) is 1.18. The van der Waals surface area contributed by atoms with Gasteiger partial charge in [0, 0.05) is 36.6 Å². The first-order chi connectivity index (χ1) is 12.0. The van der Waals surface area contributed by atoms with Gasteiger partial charge in [0.15, 0.2) is 0 Å². The number of amides is 1. The first kappa shape index (κ1) is 18.7. The Hall–Kier alpha value is -1.10. The predicted molar refractivity (Wildman–Crippen MR) is 101 cm³/mol. The van der Waals surface area contributed by atoms with E-state index in [2.05, 4.69) is 30.1 Å². The number of carbonyl (C=O) groups is 1. The number of rotatable bonds is 7. The maximum Gasteiger partial charge on any atom is 0.223 e. The Kier molecular flexibility index (Phi) is 6.37. The molecule has 1 saturated heterocycles. The third-order valence-corrected chi connectivity index (χ3v) is 5.46. The second-order valence-corrected chi connectivity index (χ2v) is 8.12. The Morgan fingerprint density at radius 2 is 2.12 bits per heavy atom. The molecule has 1 aliphatic carbocycles. The molecule has 138 valence electrons. The zero-order chi connectivity index (χ0) is 17.8. The van der Waals surface area contributed by atoms with E-state index in [4.69, 9.17) is 16.3 Å². The number of nitrogens with zero attached hydrogens (tertiary/aromatic N) is 1. The Labute approximate surface area is 155 Å². The van der Waals surface area contributed by atoms with E-state index >= 15 is 0 Å². The summed E-state index contributed by atoms with van der Waals surface area (Å²) in [7, 11) is 0. The molecular weight excluding hydrogens is 336 g/mol. The summed E-state index contributed by atoms with van der Waals surface area (Å²) in [6.45, 7) is 8.72. The highest BCUT2D eigenvalue weighted by Gasteiger charge is 2.44. The SMILES string of the molecule is CC(C)CC(CNC(=O)C1CC1c1cccc(Cl)c1)N1CCOCC1. The number of carbonyl (C=O) groups excluding carboxylic acids is 1. The molecule has 2 fully saturated rings. The summed E-state index contributed by atoms with van der Waals surface area (Å²) < 4.78 is 5.46. The number of benzene rings is 1. The lowest BCUT2D eigenvalue weighted by Gasteiger charge is -2.35. The molecule has 1 aromatic rings. The van der Waals surface area contributed by atoms with Crippen molar-refractivity contribution in [3.05, 3.63) is 34.9 Å². The van der Waals surface area contributed by atoms with Crippen LogP contribution in [-0.2, 0) is 9.53 Å².